The number of hydrogen-bond acceptors (Lipinski definition) is 6. The van der Waals surface area contributed by atoms with Gasteiger partial charge in [0, 0.05) is 30.1 Å². The zero-order valence-corrected chi connectivity index (χ0v) is 11.9. The minimum atomic E-state index is -0.943. The van der Waals surface area contributed by atoms with E-state index in [0.717, 1.165) is 0 Å². The van der Waals surface area contributed by atoms with Crippen LogP contribution in [0.25, 0.3) is 0 Å². The molecule has 6 nitrogen and oxygen atoms in total. The van der Waals surface area contributed by atoms with E-state index in [-0.39, 0.29) is 12.4 Å². The highest BCUT2D eigenvalue weighted by molar-refractivity contribution is 6.61. The number of nitrogens with two attached hydrogens (primary N) is 2. The van der Waals surface area contributed by atoms with Crippen molar-refractivity contribution in [2.75, 3.05) is 19.7 Å². The number of ether oxygens (including phenoxy) is 2. The van der Waals surface area contributed by atoms with Crippen LogP contribution in [-0.2, 0) is 4.74 Å². The molecule has 20 heavy (non-hydrogen) atoms. The fraction of sp³-hybridized carbons (Fsp3) is 0.385. The highest BCUT2D eigenvalue weighted by Crippen LogP contribution is 2.16. The number of rotatable bonds is 6. The van der Waals surface area contributed by atoms with Crippen molar-refractivity contribution >= 4 is 23.0 Å². The Balaban J connectivity index is 2.62. The lowest BCUT2D eigenvalue weighted by molar-refractivity contribution is 0.0340. The van der Waals surface area contributed by atoms with Gasteiger partial charge < -0.3 is 20.9 Å². The molecule has 0 amide bonds. The topological polar surface area (TPSA) is 105 Å². The Morgan fingerprint density at radius 2 is 1.75 bits per heavy atom. The van der Waals surface area contributed by atoms with E-state index >= 15 is 0 Å². The van der Waals surface area contributed by atoms with E-state index in [1.165, 1.54) is 24.3 Å². The van der Waals surface area contributed by atoms with Crippen LogP contribution in [0, 0.1) is 5.41 Å². The maximum atomic E-state index is 11.8. The van der Waals surface area contributed by atoms with Crippen LogP contribution in [0.3, 0.4) is 0 Å². The largest absolute Gasteiger partial charge is 0.461 e. The van der Waals surface area contributed by atoms with Gasteiger partial charge in [-0.25, -0.2) is 9.59 Å². The van der Waals surface area contributed by atoms with Gasteiger partial charge in [0.1, 0.15) is 5.75 Å². The van der Waals surface area contributed by atoms with Crippen LogP contribution in [0.2, 0.25) is 0 Å². The summed E-state index contributed by atoms with van der Waals surface area (Å²) in [6.45, 7) is 2.61. The highest BCUT2D eigenvalue weighted by atomic mass is 35.5. The third-order valence-electron chi connectivity index (χ3n) is 2.83. The summed E-state index contributed by atoms with van der Waals surface area (Å²) in [7, 11) is 0. The lowest BCUT2D eigenvalue weighted by Gasteiger charge is -2.25. The molecule has 0 radical (unpaired) electrons. The second-order valence-electron chi connectivity index (χ2n) is 4.66. The molecule has 0 aromatic heterocycles. The third kappa shape index (κ3) is 4.80. The van der Waals surface area contributed by atoms with Crippen molar-refractivity contribution in [2.45, 2.75) is 6.92 Å². The summed E-state index contributed by atoms with van der Waals surface area (Å²) < 4.78 is 9.80. The van der Waals surface area contributed by atoms with Crippen LogP contribution in [0.1, 0.15) is 17.3 Å². The normalized spacial score (nSPS) is 11.0. The van der Waals surface area contributed by atoms with E-state index in [1.54, 1.807) is 0 Å². The van der Waals surface area contributed by atoms with E-state index in [9.17, 15) is 9.59 Å². The number of halogens is 1. The van der Waals surface area contributed by atoms with Gasteiger partial charge in [0.15, 0.2) is 0 Å². The SMILES string of the molecule is CC(CN)(CN)COC(=O)c1ccc(OC(=O)Cl)cc1. The molecule has 0 atom stereocenters. The molecule has 0 aliphatic rings. The van der Waals surface area contributed by atoms with E-state index in [2.05, 4.69) is 4.74 Å². The Bertz CT molecular complexity index is 472. The Labute approximate surface area is 122 Å². The summed E-state index contributed by atoms with van der Waals surface area (Å²) in [6.07, 6.45) is 0. The molecule has 1 rings (SSSR count). The second kappa shape index (κ2) is 7.23. The summed E-state index contributed by atoms with van der Waals surface area (Å²) in [5, 5.41) is 0. The maximum absolute atomic E-state index is 11.8. The molecule has 1 aromatic carbocycles. The smallest absolute Gasteiger partial charge is 0.409 e. The van der Waals surface area contributed by atoms with Crippen molar-refractivity contribution < 1.29 is 19.1 Å². The molecule has 0 saturated heterocycles. The van der Waals surface area contributed by atoms with Gasteiger partial charge in [0.2, 0.25) is 0 Å². The monoisotopic (exact) mass is 300 g/mol. The van der Waals surface area contributed by atoms with Gasteiger partial charge in [-0.2, -0.15) is 0 Å². The van der Waals surface area contributed by atoms with Gasteiger partial charge in [-0.05, 0) is 24.3 Å². The average Bonchev–Trinajstić information content (AvgIpc) is 2.44. The quantitative estimate of drug-likeness (QED) is 0.609. The predicted octanol–water partition coefficient (Wildman–Crippen LogP) is 1.50. The summed E-state index contributed by atoms with van der Waals surface area (Å²) in [6, 6.07) is 5.84. The Kier molecular flexibility index (Phi) is 5.94. The molecule has 0 aliphatic carbocycles. The fourth-order valence-electron chi connectivity index (χ4n) is 1.28. The molecule has 7 heteroatoms. The van der Waals surface area contributed by atoms with E-state index < -0.39 is 16.8 Å². The van der Waals surface area contributed by atoms with Crippen molar-refractivity contribution in [3.63, 3.8) is 0 Å². The number of carbonyl (C=O) groups excluding carboxylic acids is 2. The first-order valence-corrected chi connectivity index (χ1v) is 6.32. The van der Waals surface area contributed by atoms with Crippen molar-refractivity contribution in [3.05, 3.63) is 29.8 Å². The summed E-state index contributed by atoms with van der Waals surface area (Å²) in [5.41, 5.74) is 10.1. The van der Waals surface area contributed by atoms with Gasteiger partial charge in [-0.1, -0.05) is 6.92 Å². The zero-order chi connectivity index (χ0) is 15.2. The molecule has 0 unspecified atom stereocenters. The number of carbonyl (C=O) groups is 2. The summed E-state index contributed by atoms with van der Waals surface area (Å²) in [4.78, 5) is 22.4. The van der Waals surface area contributed by atoms with Crippen LogP contribution >= 0.6 is 11.6 Å². The van der Waals surface area contributed by atoms with Gasteiger partial charge in [-0.15, -0.1) is 0 Å². The van der Waals surface area contributed by atoms with Crippen LogP contribution in [0.5, 0.6) is 5.75 Å². The first kappa shape index (κ1) is 16.4. The maximum Gasteiger partial charge on any atom is 0.409 e. The Hall–Kier alpha value is -1.63. The number of hydrogen-bond donors (Lipinski definition) is 2. The molecule has 0 fully saturated rings. The average molecular weight is 301 g/mol. The molecule has 110 valence electrons. The predicted molar refractivity (Wildman–Crippen MR) is 74.8 cm³/mol. The molecular weight excluding hydrogens is 284 g/mol. The lowest BCUT2D eigenvalue weighted by Crippen LogP contribution is -2.39. The minimum Gasteiger partial charge on any atom is -0.461 e. The van der Waals surface area contributed by atoms with Gasteiger partial charge in [0.05, 0.1) is 12.2 Å². The van der Waals surface area contributed by atoms with Crippen LogP contribution in [0.4, 0.5) is 4.79 Å². The summed E-state index contributed by atoms with van der Waals surface area (Å²) >= 11 is 5.07. The fourth-order valence-corrected chi connectivity index (χ4v) is 1.37. The molecule has 0 aliphatic heterocycles. The van der Waals surface area contributed by atoms with Gasteiger partial charge >= 0.3 is 11.4 Å². The van der Waals surface area contributed by atoms with Crippen molar-refractivity contribution in [1.82, 2.24) is 0 Å². The van der Waals surface area contributed by atoms with E-state index in [1.807, 2.05) is 6.92 Å². The van der Waals surface area contributed by atoms with Crippen molar-refractivity contribution in [2.24, 2.45) is 16.9 Å². The first-order chi connectivity index (χ1) is 9.40. The molecule has 0 bridgehead atoms. The Morgan fingerprint density at radius 3 is 2.20 bits per heavy atom. The van der Waals surface area contributed by atoms with Crippen molar-refractivity contribution in [3.8, 4) is 5.75 Å². The molecular formula is C13H17ClN2O4. The van der Waals surface area contributed by atoms with Crippen LogP contribution in [0.15, 0.2) is 24.3 Å². The Morgan fingerprint density at radius 1 is 1.20 bits per heavy atom. The standard InChI is InChI=1S/C13H17ClN2O4/c1-13(6-15,7-16)8-19-11(17)9-2-4-10(5-3-9)20-12(14)18/h2-5H,6-8,15-16H2,1H3. The molecule has 4 N–H and O–H groups in total. The van der Waals surface area contributed by atoms with E-state index in [4.69, 9.17) is 27.8 Å². The summed E-state index contributed by atoms with van der Waals surface area (Å²) in [5.74, 6) is -0.253. The molecule has 0 spiro atoms. The van der Waals surface area contributed by atoms with E-state index in [0.29, 0.717) is 18.7 Å². The zero-order valence-electron chi connectivity index (χ0n) is 11.1. The first-order valence-electron chi connectivity index (χ1n) is 5.95. The lowest BCUT2D eigenvalue weighted by atomic mass is 9.92. The third-order valence-corrected chi connectivity index (χ3v) is 2.90. The number of benzene rings is 1. The van der Waals surface area contributed by atoms with Crippen LogP contribution < -0.4 is 16.2 Å². The molecule has 0 saturated carbocycles. The molecule has 1 aromatic rings. The highest BCUT2D eigenvalue weighted by Gasteiger charge is 2.23. The van der Waals surface area contributed by atoms with Crippen molar-refractivity contribution in [1.29, 1.82) is 0 Å². The second-order valence-corrected chi connectivity index (χ2v) is 4.97. The van der Waals surface area contributed by atoms with Gasteiger partial charge in [-0.3, -0.25) is 0 Å². The minimum absolute atomic E-state index is 0.136. The number of esters is 1. The van der Waals surface area contributed by atoms with Crippen LogP contribution in [-0.4, -0.2) is 31.1 Å². The molecule has 0 heterocycles. The van der Waals surface area contributed by atoms with Gasteiger partial charge in [0.25, 0.3) is 0 Å².